The van der Waals surface area contributed by atoms with E-state index in [2.05, 4.69) is 4.90 Å². The maximum Gasteiger partial charge on any atom is 0.167 e. The highest BCUT2D eigenvalue weighted by atomic mass is 16.5. The summed E-state index contributed by atoms with van der Waals surface area (Å²) in [6.45, 7) is 2.12. The van der Waals surface area contributed by atoms with E-state index in [0.29, 0.717) is 5.78 Å². The van der Waals surface area contributed by atoms with E-state index in [0.717, 1.165) is 47.5 Å². The number of piperidine rings is 1. The maximum absolute atomic E-state index is 13.1. The molecule has 2 aromatic rings. The Morgan fingerprint density at radius 3 is 2.56 bits per heavy atom. The summed E-state index contributed by atoms with van der Waals surface area (Å²) < 4.78 is 5.28. The van der Waals surface area contributed by atoms with Crippen LogP contribution in [0.5, 0.6) is 5.75 Å². The van der Waals surface area contributed by atoms with Crippen LogP contribution < -0.4 is 4.74 Å². The highest BCUT2D eigenvalue weighted by Crippen LogP contribution is 2.30. The lowest BCUT2D eigenvalue weighted by molar-refractivity contribution is 0.0757. The molecule has 0 bridgehead atoms. The molecule has 2 aliphatic rings. The van der Waals surface area contributed by atoms with E-state index in [4.69, 9.17) is 4.74 Å². The number of methoxy groups -OCH3 is 1. The van der Waals surface area contributed by atoms with Crippen LogP contribution in [0.1, 0.15) is 48.9 Å². The Morgan fingerprint density at radius 1 is 1.00 bits per heavy atom. The average molecular weight is 337 g/mol. The van der Waals surface area contributed by atoms with Crippen LogP contribution in [0, 0.1) is 5.92 Å². The van der Waals surface area contributed by atoms with E-state index >= 15 is 0 Å². The maximum atomic E-state index is 13.1. The topological polar surface area (TPSA) is 29.5 Å². The van der Waals surface area contributed by atoms with E-state index in [-0.39, 0.29) is 5.92 Å². The number of ether oxygens (including phenoxy) is 1. The van der Waals surface area contributed by atoms with Gasteiger partial charge < -0.3 is 4.74 Å². The number of fused-ring (bicyclic) bond motifs is 1. The van der Waals surface area contributed by atoms with E-state index in [1.807, 2.05) is 36.4 Å². The van der Waals surface area contributed by atoms with Gasteiger partial charge in [-0.05, 0) is 61.2 Å². The predicted molar refractivity (Wildman–Crippen MR) is 101 cm³/mol. The monoisotopic (exact) mass is 337 g/mol. The van der Waals surface area contributed by atoms with Gasteiger partial charge in [0.2, 0.25) is 0 Å². The smallest absolute Gasteiger partial charge is 0.167 e. The van der Waals surface area contributed by atoms with E-state index in [1.165, 1.54) is 32.2 Å². The third kappa shape index (κ3) is 3.43. The Kier molecular flexibility index (Phi) is 4.76. The van der Waals surface area contributed by atoms with Crippen LogP contribution in [-0.2, 0) is 0 Å². The molecule has 1 heterocycles. The zero-order valence-electron chi connectivity index (χ0n) is 15.0. The molecule has 2 aromatic carbocycles. The summed E-state index contributed by atoms with van der Waals surface area (Å²) in [6, 6.07) is 12.8. The highest BCUT2D eigenvalue weighted by Gasteiger charge is 2.31. The Labute approximate surface area is 150 Å². The third-order valence-corrected chi connectivity index (χ3v) is 6.00. The summed E-state index contributed by atoms with van der Waals surface area (Å²) >= 11 is 0. The van der Waals surface area contributed by atoms with Crippen LogP contribution in [0.4, 0.5) is 0 Å². The molecule has 3 heteroatoms. The Morgan fingerprint density at radius 2 is 1.76 bits per heavy atom. The van der Waals surface area contributed by atoms with Gasteiger partial charge in [0.15, 0.2) is 5.78 Å². The quantitative estimate of drug-likeness (QED) is 0.758. The SMILES string of the molecule is COc1ccc2cc(C(=O)[C@@H]3CCCN(C4CCCC4)C3)ccc2c1. The van der Waals surface area contributed by atoms with Gasteiger partial charge in [-0.1, -0.05) is 31.0 Å². The molecule has 4 rings (SSSR count). The van der Waals surface area contributed by atoms with Crippen molar-refractivity contribution in [3.05, 3.63) is 42.0 Å². The van der Waals surface area contributed by atoms with Crippen LogP contribution in [-0.4, -0.2) is 36.9 Å². The zero-order valence-corrected chi connectivity index (χ0v) is 15.0. The number of hydrogen-bond donors (Lipinski definition) is 0. The first-order valence-electron chi connectivity index (χ1n) is 9.60. The molecule has 0 spiro atoms. The molecule has 2 fully saturated rings. The highest BCUT2D eigenvalue weighted by molar-refractivity contribution is 6.01. The fraction of sp³-hybridized carbons (Fsp3) is 0.500. The minimum atomic E-state index is 0.157. The minimum Gasteiger partial charge on any atom is -0.497 e. The first-order chi connectivity index (χ1) is 12.2. The number of likely N-dealkylation sites (tertiary alicyclic amines) is 1. The molecule has 3 nitrogen and oxygen atoms in total. The number of carbonyl (C=O) groups excluding carboxylic acids is 1. The van der Waals surface area contributed by atoms with Crippen molar-refractivity contribution in [1.29, 1.82) is 0 Å². The van der Waals surface area contributed by atoms with Gasteiger partial charge in [0.25, 0.3) is 0 Å². The van der Waals surface area contributed by atoms with Crippen molar-refractivity contribution in [1.82, 2.24) is 4.90 Å². The van der Waals surface area contributed by atoms with E-state index in [9.17, 15) is 4.79 Å². The van der Waals surface area contributed by atoms with Gasteiger partial charge in [-0.3, -0.25) is 9.69 Å². The summed E-state index contributed by atoms with van der Waals surface area (Å²) in [7, 11) is 1.68. The molecule has 132 valence electrons. The molecule has 25 heavy (non-hydrogen) atoms. The second-order valence-corrected chi connectivity index (χ2v) is 7.56. The third-order valence-electron chi connectivity index (χ3n) is 6.00. The normalized spacial score (nSPS) is 22.4. The molecule has 1 aliphatic carbocycles. The Bertz CT molecular complexity index is 764. The van der Waals surface area contributed by atoms with Gasteiger partial charge in [-0.25, -0.2) is 0 Å². The molecule has 0 aromatic heterocycles. The Hall–Kier alpha value is -1.87. The van der Waals surface area contributed by atoms with Crippen LogP contribution >= 0.6 is 0 Å². The second kappa shape index (κ2) is 7.17. The van der Waals surface area contributed by atoms with Crippen molar-refractivity contribution < 1.29 is 9.53 Å². The molecule has 1 atom stereocenters. The molecular weight excluding hydrogens is 310 g/mol. The van der Waals surface area contributed by atoms with Crippen molar-refractivity contribution in [2.45, 2.75) is 44.6 Å². The molecule has 0 amide bonds. The first kappa shape index (κ1) is 16.6. The number of rotatable bonds is 4. The number of benzene rings is 2. The van der Waals surface area contributed by atoms with Crippen molar-refractivity contribution >= 4 is 16.6 Å². The summed E-state index contributed by atoms with van der Waals surface area (Å²) in [6.07, 6.45) is 7.53. The number of nitrogens with zero attached hydrogens (tertiary/aromatic N) is 1. The van der Waals surface area contributed by atoms with Gasteiger partial charge in [0.05, 0.1) is 7.11 Å². The van der Waals surface area contributed by atoms with Crippen LogP contribution in [0.3, 0.4) is 0 Å². The molecule has 0 radical (unpaired) electrons. The molecule has 0 unspecified atom stereocenters. The van der Waals surface area contributed by atoms with Gasteiger partial charge in [0, 0.05) is 24.1 Å². The molecule has 1 aliphatic heterocycles. The fourth-order valence-corrected chi connectivity index (χ4v) is 4.56. The van der Waals surface area contributed by atoms with Crippen molar-refractivity contribution in [2.24, 2.45) is 5.92 Å². The summed E-state index contributed by atoms with van der Waals surface area (Å²) in [5.74, 6) is 1.33. The minimum absolute atomic E-state index is 0.157. The summed E-state index contributed by atoms with van der Waals surface area (Å²) in [5.41, 5.74) is 0.857. The standard InChI is InChI=1S/C22H27NO2/c1-25-21-11-10-16-13-18(9-8-17(16)14-21)22(24)19-5-4-12-23(15-19)20-6-2-3-7-20/h8-11,13-14,19-20H,2-7,12,15H2,1H3/t19-/m1/s1. The van der Waals surface area contributed by atoms with Gasteiger partial charge in [0.1, 0.15) is 5.75 Å². The fourth-order valence-electron chi connectivity index (χ4n) is 4.56. The van der Waals surface area contributed by atoms with Gasteiger partial charge in [-0.2, -0.15) is 0 Å². The number of Topliss-reactive ketones (excluding diaryl/α,β-unsaturated/α-hetero) is 1. The van der Waals surface area contributed by atoms with Crippen LogP contribution in [0.25, 0.3) is 10.8 Å². The molecule has 1 saturated heterocycles. The van der Waals surface area contributed by atoms with Crippen molar-refractivity contribution in [3.63, 3.8) is 0 Å². The molecule has 0 N–H and O–H groups in total. The van der Waals surface area contributed by atoms with Crippen molar-refractivity contribution in [2.75, 3.05) is 20.2 Å². The summed E-state index contributed by atoms with van der Waals surface area (Å²) in [5, 5.41) is 2.22. The lowest BCUT2D eigenvalue weighted by Gasteiger charge is -2.36. The van der Waals surface area contributed by atoms with Crippen LogP contribution in [0.2, 0.25) is 0 Å². The number of carbonyl (C=O) groups is 1. The molecular formula is C22H27NO2. The van der Waals surface area contributed by atoms with E-state index in [1.54, 1.807) is 7.11 Å². The van der Waals surface area contributed by atoms with Crippen LogP contribution in [0.15, 0.2) is 36.4 Å². The number of ketones is 1. The number of hydrogen-bond acceptors (Lipinski definition) is 3. The first-order valence-corrected chi connectivity index (χ1v) is 9.60. The lowest BCUT2D eigenvalue weighted by Crippen LogP contribution is -2.43. The average Bonchev–Trinajstić information content (AvgIpc) is 3.21. The Balaban J connectivity index is 1.52. The zero-order chi connectivity index (χ0) is 17.2. The largest absolute Gasteiger partial charge is 0.497 e. The van der Waals surface area contributed by atoms with E-state index < -0.39 is 0 Å². The second-order valence-electron chi connectivity index (χ2n) is 7.56. The summed E-state index contributed by atoms with van der Waals surface area (Å²) in [4.78, 5) is 15.7. The lowest BCUT2D eigenvalue weighted by atomic mass is 9.88. The molecule has 1 saturated carbocycles. The van der Waals surface area contributed by atoms with Crippen molar-refractivity contribution in [3.8, 4) is 5.75 Å². The predicted octanol–water partition coefficient (Wildman–Crippen LogP) is 4.69. The van der Waals surface area contributed by atoms with Gasteiger partial charge in [-0.15, -0.1) is 0 Å². The van der Waals surface area contributed by atoms with Gasteiger partial charge >= 0.3 is 0 Å².